The minimum Gasteiger partial charge on any atom is -0.504 e. The van der Waals surface area contributed by atoms with Crippen LogP contribution in [0, 0.1) is 4.91 Å². The Morgan fingerprint density at radius 2 is 1.64 bits per heavy atom. The summed E-state index contributed by atoms with van der Waals surface area (Å²) < 4.78 is 6.51. The van der Waals surface area contributed by atoms with E-state index in [-0.39, 0.29) is 11.0 Å². The van der Waals surface area contributed by atoms with Gasteiger partial charge in [0, 0.05) is 11.1 Å². The molecule has 2 aromatic heterocycles. The third-order valence-electron chi connectivity index (χ3n) is 3.99. The number of aromatic nitrogens is 1. The van der Waals surface area contributed by atoms with Crippen LogP contribution in [0.25, 0.3) is 27.6 Å². The minimum absolute atomic E-state index is 0.0809. The van der Waals surface area contributed by atoms with E-state index < -0.39 is 22.6 Å². The van der Waals surface area contributed by atoms with Crippen molar-refractivity contribution in [3.05, 3.63) is 80.3 Å². The predicted octanol–water partition coefficient (Wildman–Crippen LogP) is 3.20. The highest BCUT2D eigenvalue weighted by Gasteiger charge is 2.22. The van der Waals surface area contributed by atoms with E-state index in [2.05, 4.69) is 5.18 Å². The lowest BCUT2D eigenvalue weighted by Gasteiger charge is -2.13. The van der Waals surface area contributed by atoms with Crippen LogP contribution in [-0.4, -0.2) is 9.67 Å². The van der Waals surface area contributed by atoms with Crippen molar-refractivity contribution in [2.24, 2.45) is 5.18 Å². The maximum atomic E-state index is 13.0. The van der Waals surface area contributed by atoms with Crippen molar-refractivity contribution in [2.45, 2.75) is 0 Å². The first-order chi connectivity index (χ1) is 12.1. The van der Waals surface area contributed by atoms with Gasteiger partial charge >= 0.3 is 5.63 Å². The normalized spacial score (nSPS) is 11.0. The summed E-state index contributed by atoms with van der Waals surface area (Å²) in [5.74, 6) is -0.776. The van der Waals surface area contributed by atoms with Crippen molar-refractivity contribution >= 4 is 27.6 Å². The summed E-state index contributed by atoms with van der Waals surface area (Å²) in [6, 6.07) is 15.6. The number of para-hydroxylation sites is 2. The van der Waals surface area contributed by atoms with Crippen molar-refractivity contribution in [3.8, 4) is 11.4 Å². The van der Waals surface area contributed by atoms with Gasteiger partial charge in [-0.15, -0.1) is 4.91 Å². The van der Waals surface area contributed by atoms with E-state index in [4.69, 9.17) is 4.42 Å². The van der Waals surface area contributed by atoms with E-state index in [0.717, 1.165) is 0 Å². The zero-order valence-electron chi connectivity index (χ0n) is 12.7. The first kappa shape index (κ1) is 14.8. The molecule has 25 heavy (non-hydrogen) atoms. The molecule has 0 bridgehead atoms. The quantitative estimate of drug-likeness (QED) is 0.448. The smallest absolute Gasteiger partial charge is 0.369 e. The lowest BCUT2D eigenvalue weighted by atomic mass is 10.1. The van der Waals surface area contributed by atoms with E-state index in [9.17, 15) is 19.6 Å². The summed E-state index contributed by atoms with van der Waals surface area (Å²) in [6.45, 7) is 0. The summed E-state index contributed by atoms with van der Waals surface area (Å²) in [4.78, 5) is 35.7. The van der Waals surface area contributed by atoms with Crippen LogP contribution in [0.2, 0.25) is 0 Å². The predicted molar refractivity (Wildman–Crippen MR) is 92.7 cm³/mol. The van der Waals surface area contributed by atoms with Gasteiger partial charge in [-0.1, -0.05) is 30.3 Å². The van der Waals surface area contributed by atoms with Gasteiger partial charge in [0.15, 0.2) is 11.3 Å². The van der Waals surface area contributed by atoms with Crippen molar-refractivity contribution in [1.82, 2.24) is 4.57 Å². The third kappa shape index (κ3) is 2.06. The second kappa shape index (κ2) is 5.41. The average Bonchev–Trinajstić information content (AvgIpc) is 2.63. The van der Waals surface area contributed by atoms with Crippen LogP contribution in [0.15, 0.2) is 73.8 Å². The van der Waals surface area contributed by atoms with Crippen molar-refractivity contribution in [1.29, 1.82) is 0 Å². The van der Waals surface area contributed by atoms with Gasteiger partial charge in [0.25, 0.3) is 5.56 Å². The van der Waals surface area contributed by atoms with E-state index in [0.29, 0.717) is 16.6 Å². The highest BCUT2D eigenvalue weighted by atomic mass is 16.4. The zero-order chi connectivity index (χ0) is 17.6. The number of hydrogen-bond donors (Lipinski definition) is 1. The molecule has 7 nitrogen and oxygen atoms in total. The molecule has 1 N–H and O–H groups in total. The molecule has 4 rings (SSSR count). The molecule has 0 unspecified atom stereocenters. The molecule has 0 fully saturated rings. The van der Waals surface area contributed by atoms with Gasteiger partial charge in [-0.2, -0.15) is 0 Å². The fraction of sp³-hybridized carbons (Fsp3) is 0. The number of benzene rings is 2. The first-order valence-corrected chi connectivity index (χ1v) is 7.36. The summed E-state index contributed by atoms with van der Waals surface area (Å²) in [6.07, 6.45) is 0. The number of pyridine rings is 1. The van der Waals surface area contributed by atoms with E-state index >= 15 is 0 Å². The van der Waals surface area contributed by atoms with Crippen LogP contribution in [0.5, 0.6) is 5.75 Å². The van der Waals surface area contributed by atoms with Gasteiger partial charge in [0.1, 0.15) is 5.39 Å². The lowest BCUT2D eigenvalue weighted by molar-refractivity contribution is 0.470. The molecule has 0 aliphatic heterocycles. The lowest BCUT2D eigenvalue weighted by Crippen LogP contribution is -2.20. The molecule has 0 atom stereocenters. The van der Waals surface area contributed by atoms with Crippen LogP contribution in [0.1, 0.15) is 0 Å². The Balaban J connectivity index is 2.34. The van der Waals surface area contributed by atoms with Gasteiger partial charge < -0.3 is 9.52 Å². The van der Waals surface area contributed by atoms with Gasteiger partial charge in [0.05, 0.1) is 5.52 Å². The second-order valence-electron chi connectivity index (χ2n) is 5.38. The summed E-state index contributed by atoms with van der Waals surface area (Å²) >= 11 is 0. The minimum atomic E-state index is -1.10. The number of nitrogens with zero attached hydrogens (tertiary/aromatic N) is 2. The maximum Gasteiger partial charge on any atom is 0.369 e. The molecule has 0 saturated heterocycles. The molecule has 0 spiro atoms. The molecule has 122 valence electrons. The van der Waals surface area contributed by atoms with Crippen LogP contribution in [0.3, 0.4) is 0 Å². The van der Waals surface area contributed by atoms with Crippen LogP contribution >= 0.6 is 0 Å². The standard InChI is InChI=1S/C18H10N2O5/c21-15-13-16(25-18(23)14(15)19-24)11-8-4-5-9-12(11)20(17(13)22)10-6-2-1-3-7-10/h1-9,21H. The SMILES string of the molecule is O=Nc1c(O)c2c(=O)n(-c3ccccc3)c3ccccc3c2oc1=O. The first-order valence-electron chi connectivity index (χ1n) is 7.36. The van der Waals surface area contributed by atoms with E-state index in [1.165, 1.54) is 4.57 Å². The van der Waals surface area contributed by atoms with Crippen LogP contribution in [0.4, 0.5) is 5.69 Å². The monoisotopic (exact) mass is 334 g/mol. The van der Waals surface area contributed by atoms with Crippen LogP contribution < -0.4 is 11.2 Å². The molecule has 2 heterocycles. The Morgan fingerprint density at radius 3 is 2.36 bits per heavy atom. The van der Waals surface area contributed by atoms with Crippen LogP contribution in [-0.2, 0) is 0 Å². The largest absolute Gasteiger partial charge is 0.504 e. The molecule has 0 aliphatic rings. The Bertz CT molecular complexity index is 1260. The fourth-order valence-electron chi connectivity index (χ4n) is 2.90. The molecular weight excluding hydrogens is 324 g/mol. The highest BCUT2D eigenvalue weighted by Crippen LogP contribution is 2.33. The van der Waals surface area contributed by atoms with Gasteiger partial charge in [-0.3, -0.25) is 9.36 Å². The summed E-state index contributed by atoms with van der Waals surface area (Å²) in [5.41, 5.74) is -1.55. The summed E-state index contributed by atoms with van der Waals surface area (Å²) in [7, 11) is 0. The number of aromatic hydroxyl groups is 1. The molecule has 2 aromatic carbocycles. The molecule has 0 aliphatic carbocycles. The second-order valence-corrected chi connectivity index (χ2v) is 5.38. The average molecular weight is 334 g/mol. The third-order valence-corrected chi connectivity index (χ3v) is 3.99. The van der Waals surface area contributed by atoms with E-state index in [1.807, 2.05) is 6.07 Å². The van der Waals surface area contributed by atoms with Gasteiger partial charge in [-0.25, -0.2) is 4.79 Å². The number of rotatable bonds is 2. The van der Waals surface area contributed by atoms with Gasteiger partial charge in [0.2, 0.25) is 5.69 Å². The van der Waals surface area contributed by atoms with Crippen molar-refractivity contribution in [2.75, 3.05) is 0 Å². The Kier molecular flexibility index (Phi) is 3.21. The Morgan fingerprint density at radius 1 is 0.960 bits per heavy atom. The molecule has 4 aromatic rings. The fourth-order valence-corrected chi connectivity index (χ4v) is 2.90. The number of fused-ring (bicyclic) bond motifs is 3. The molecule has 0 saturated carbocycles. The van der Waals surface area contributed by atoms with Gasteiger partial charge in [-0.05, 0) is 29.4 Å². The molecular formula is C18H10N2O5. The van der Waals surface area contributed by atoms with E-state index in [1.54, 1.807) is 48.5 Å². The topological polar surface area (TPSA) is 102 Å². The van der Waals surface area contributed by atoms with Crippen molar-refractivity contribution < 1.29 is 9.52 Å². The number of nitroso groups, excluding NO2 is 1. The zero-order valence-corrected chi connectivity index (χ0v) is 12.7. The molecule has 0 amide bonds. The Labute approximate surface area is 139 Å². The molecule has 7 heteroatoms. The molecule has 0 radical (unpaired) electrons. The maximum absolute atomic E-state index is 13.0. The Hall–Kier alpha value is -3.74. The number of hydrogen-bond acceptors (Lipinski definition) is 6. The summed E-state index contributed by atoms with van der Waals surface area (Å²) in [5, 5.41) is 12.9. The van der Waals surface area contributed by atoms with Crippen molar-refractivity contribution in [3.63, 3.8) is 0 Å². The highest BCUT2D eigenvalue weighted by molar-refractivity contribution is 6.05.